The molecule has 2 rings (SSSR count). The van der Waals surface area contributed by atoms with E-state index in [0.29, 0.717) is 0 Å². The third kappa shape index (κ3) is 1.42. The van der Waals surface area contributed by atoms with E-state index >= 15 is 0 Å². The first-order valence-electron chi connectivity index (χ1n) is 5.25. The minimum atomic E-state index is -2.08. The van der Waals surface area contributed by atoms with Gasteiger partial charge in [0.05, 0.1) is 12.2 Å². The third-order valence-corrected chi connectivity index (χ3v) is 3.22. The minimum absolute atomic E-state index is 0.0701. The summed E-state index contributed by atoms with van der Waals surface area (Å²) in [5, 5.41) is 33.8. The van der Waals surface area contributed by atoms with Gasteiger partial charge in [0.15, 0.2) is 11.6 Å². The van der Waals surface area contributed by atoms with E-state index in [1.54, 1.807) is 0 Å². The van der Waals surface area contributed by atoms with Crippen LogP contribution in [0, 0.1) is 0 Å². The van der Waals surface area contributed by atoms with Gasteiger partial charge < -0.3 is 20.1 Å². The molecule has 0 radical (unpaired) electrons. The fraction of sp³-hybridized carbons (Fsp3) is 0.500. The smallest absolute Gasteiger partial charge is 0.443 e. The van der Waals surface area contributed by atoms with E-state index in [0.717, 1.165) is 11.5 Å². The Morgan fingerprint density at radius 1 is 1.56 bits per heavy atom. The highest BCUT2D eigenvalue weighted by atomic mass is 16.4. The van der Waals surface area contributed by atoms with Crippen LogP contribution in [0.2, 0.25) is 0 Å². The standard InChI is InChI=1S/C10H13N3O5/c1-9(7(15)16)6(14)10(2,18)13-5(12-9)3-4-11-8(13)17/h3-4,6,14,18H,1-2H3,(H2,11,12,15,16,17). The summed E-state index contributed by atoms with van der Waals surface area (Å²) >= 11 is 0. The molecule has 1 aromatic heterocycles. The second-order valence-electron chi connectivity index (χ2n) is 4.61. The number of aromatic amines is 1. The third-order valence-electron chi connectivity index (χ3n) is 3.22. The van der Waals surface area contributed by atoms with Crippen LogP contribution in [0.15, 0.2) is 17.1 Å². The van der Waals surface area contributed by atoms with Gasteiger partial charge in [-0.1, -0.05) is 0 Å². The molecule has 4 N–H and O–H groups in total. The van der Waals surface area contributed by atoms with Crippen LogP contribution in [0.3, 0.4) is 0 Å². The van der Waals surface area contributed by atoms with Gasteiger partial charge in [-0.25, -0.2) is 9.78 Å². The summed E-state index contributed by atoms with van der Waals surface area (Å²) < 4.78 is 0.850. The molecule has 1 aliphatic rings. The van der Waals surface area contributed by atoms with E-state index in [1.807, 2.05) is 0 Å². The summed E-state index contributed by atoms with van der Waals surface area (Å²) in [6.45, 7) is 2.32. The lowest BCUT2D eigenvalue weighted by Gasteiger charge is -2.44. The second kappa shape index (κ2) is 3.53. The first kappa shape index (κ1) is 12.5. The number of hydrogen-bond acceptors (Lipinski definition) is 6. The highest BCUT2D eigenvalue weighted by Gasteiger charge is 2.56. The van der Waals surface area contributed by atoms with E-state index in [-0.39, 0.29) is 5.82 Å². The maximum atomic E-state index is 11.6. The van der Waals surface area contributed by atoms with Crippen molar-refractivity contribution in [3.05, 3.63) is 22.7 Å². The van der Waals surface area contributed by atoms with E-state index < -0.39 is 29.0 Å². The van der Waals surface area contributed by atoms with Gasteiger partial charge in [-0.15, -0.1) is 0 Å². The zero-order chi connectivity index (χ0) is 13.7. The molecular weight excluding hydrogens is 242 g/mol. The Labute approximate surface area is 102 Å². The summed E-state index contributed by atoms with van der Waals surface area (Å²) in [6.07, 6.45) is -0.471. The molecular formula is C10H13N3O5. The Morgan fingerprint density at radius 3 is 2.72 bits per heavy atom. The zero-order valence-electron chi connectivity index (χ0n) is 9.80. The van der Waals surface area contributed by atoms with Gasteiger partial charge in [-0.2, -0.15) is 4.57 Å². The van der Waals surface area contributed by atoms with Crippen molar-refractivity contribution in [1.82, 2.24) is 4.98 Å². The highest BCUT2D eigenvalue weighted by molar-refractivity contribution is 5.81. The molecule has 8 heteroatoms. The number of carbonyl (C=O) groups is 1. The van der Waals surface area contributed by atoms with Crippen LogP contribution in [-0.2, 0) is 10.5 Å². The first-order valence-corrected chi connectivity index (χ1v) is 5.25. The van der Waals surface area contributed by atoms with E-state index in [9.17, 15) is 24.9 Å². The Morgan fingerprint density at radius 2 is 2.17 bits per heavy atom. The molecule has 1 aromatic rings. The lowest BCUT2D eigenvalue weighted by atomic mass is 9.85. The minimum Gasteiger partial charge on any atom is -0.546 e. The molecule has 0 fully saturated rings. The number of carboxylic acids is 1. The average molecular weight is 255 g/mol. The van der Waals surface area contributed by atoms with Crippen LogP contribution < -0.4 is 20.7 Å². The number of aliphatic hydroxyl groups excluding tert-OH is 1. The molecule has 18 heavy (non-hydrogen) atoms. The van der Waals surface area contributed by atoms with Crippen LogP contribution in [0.5, 0.6) is 0 Å². The second-order valence-corrected chi connectivity index (χ2v) is 4.61. The van der Waals surface area contributed by atoms with Crippen LogP contribution in [0.1, 0.15) is 13.8 Å². The van der Waals surface area contributed by atoms with Crippen molar-refractivity contribution >= 4 is 11.8 Å². The van der Waals surface area contributed by atoms with Crippen LogP contribution in [-0.4, -0.2) is 32.8 Å². The zero-order valence-corrected chi connectivity index (χ0v) is 9.80. The summed E-state index contributed by atoms with van der Waals surface area (Å²) in [7, 11) is 0. The average Bonchev–Trinajstić information content (AvgIpc) is 2.25. The number of carbonyl (C=O) groups excluding carboxylic acids is 1. The predicted octanol–water partition coefficient (Wildman–Crippen LogP) is -3.38. The van der Waals surface area contributed by atoms with Gasteiger partial charge in [0.1, 0.15) is 0 Å². The molecule has 1 aliphatic heterocycles. The van der Waals surface area contributed by atoms with Crippen LogP contribution in [0.25, 0.3) is 0 Å². The largest absolute Gasteiger partial charge is 0.546 e. The Hall–Kier alpha value is -1.93. The number of fused-ring (bicyclic) bond motifs is 1. The van der Waals surface area contributed by atoms with E-state index in [2.05, 4.69) is 10.3 Å². The number of aliphatic carboxylic acids is 1. The number of aromatic nitrogens is 2. The summed E-state index contributed by atoms with van der Waals surface area (Å²) in [6, 6.07) is 1.38. The number of aliphatic hydroxyl groups is 2. The van der Waals surface area contributed by atoms with E-state index in [1.165, 1.54) is 19.2 Å². The number of hydrogen-bond donors (Lipinski definition) is 4. The Balaban J connectivity index is 2.72. The van der Waals surface area contributed by atoms with Gasteiger partial charge in [-0.05, 0) is 6.92 Å². The molecule has 0 amide bonds. The van der Waals surface area contributed by atoms with Crippen LogP contribution in [0.4, 0.5) is 5.82 Å². The quantitative estimate of drug-likeness (QED) is 0.387. The number of carboxylic acid groups (broad SMARTS) is 1. The van der Waals surface area contributed by atoms with Crippen LogP contribution >= 0.6 is 0 Å². The maximum Gasteiger partial charge on any atom is 0.443 e. The molecule has 0 saturated carbocycles. The lowest BCUT2D eigenvalue weighted by molar-refractivity contribution is -0.819. The van der Waals surface area contributed by atoms with Crippen molar-refractivity contribution in [2.24, 2.45) is 0 Å². The van der Waals surface area contributed by atoms with Gasteiger partial charge in [0.2, 0.25) is 11.5 Å². The summed E-state index contributed by atoms with van der Waals surface area (Å²) in [5.74, 6) is -1.51. The van der Waals surface area contributed by atoms with Gasteiger partial charge in [0, 0.05) is 13.0 Å². The molecule has 3 unspecified atom stereocenters. The molecule has 8 nitrogen and oxygen atoms in total. The highest BCUT2D eigenvalue weighted by Crippen LogP contribution is 2.29. The Kier molecular flexibility index (Phi) is 2.46. The monoisotopic (exact) mass is 255 g/mol. The van der Waals surface area contributed by atoms with Crippen molar-refractivity contribution in [1.29, 1.82) is 0 Å². The molecule has 0 aliphatic carbocycles. The molecule has 98 valence electrons. The van der Waals surface area contributed by atoms with Crippen molar-refractivity contribution < 1.29 is 24.7 Å². The van der Waals surface area contributed by atoms with Crippen molar-refractivity contribution in [2.45, 2.75) is 31.2 Å². The van der Waals surface area contributed by atoms with E-state index in [4.69, 9.17) is 0 Å². The fourth-order valence-corrected chi connectivity index (χ4v) is 2.15. The number of nitrogens with zero attached hydrogens (tertiary/aromatic N) is 1. The summed E-state index contributed by atoms with van der Waals surface area (Å²) in [5.41, 5.74) is -4.66. The molecule has 3 atom stereocenters. The van der Waals surface area contributed by atoms with Gasteiger partial charge in [0.25, 0.3) is 0 Å². The topological polar surface area (TPSA) is 129 Å². The SMILES string of the molecule is CC1(C(=O)[O-])Nc2cc[nH]c(=O)[n+]2C(C)(O)C1O. The number of anilines is 1. The van der Waals surface area contributed by atoms with Gasteiger partial charge >= 0.3 is 5.69 Å². The predicted molar refractivity (Wildman–Crippen MR) is 56.2 cm³/mol. The normalized spacial score (nSPS) is 34.6. The first-order chi connectivity index (χ1) is 8.21. The molecule has 2 heterocycles. The lowest BCUT2D eigenvalue weighted by Crippen LogP contribution is -2.81. The number of H-pyrrole nitrogens is 1. The molecule has 0 aromatic carbocycles. The molecule has 0 bridgehead atoms. The molecule has 0 saturated heterocycles. The van der Waals surface area contributed by atoms with Crippen molar-refractivity contribution in [3.8, 4) is 0 Å². The maximum absolute atomic E-state index is 11.6. The Bertz CT molecular complexity index is 567. The van der Waals surface area contributed by atoms with Crippen molar-refractivity contribution in [2.75, 3.05) is 5.32 Å². The van der Waals surface area contributed by atoms with Gasteiger partial charge in [-0.3, -0.25) is 5.32 Å². The number of nitrogens with one attached hydrogen (secondary N) is 2. The number of rotatable bonds is 1. The van der Waals surface area contributed by atoms with Crippen molar-refractivity contribution in [3.63, 3.8) is 0 Å². The molecule has 0 spiro atoms. The fourth-order valence-electron chi connectivity index (χ4n) is 2.15. The summed E-state index contributed by atoms with van der Waals surface area (Å²) in [4.78, 5) is 25.1.